The first kappa shape index (κ1) is 21.6. The van der Waals surface area contributed by atoms with Crippen molar-refractivity contribution in [2.45, 2.75) is 19.3 Å². The summed E-state index contributed by atoms with van der Waals surface area (Å²) in [5.74, 6) is 0.895. The van der Waals surface area contributed by atoms with Crippen LogP contribution in [0.15, 0.2) is 110 Å². The molecule has 0 fully saturated rings. The maximum absolute atomic E-state index is 5.15. The third-order valence-corrected chi connectivity index (χ3v) is 7.77. The van der Waals surface area contributed by atoms with Crippen molar-refractivity contribution in [3.05, 3.63) is 126 Å². The molecule has 0 saturated heterocycles. The molecule has 0 radical (unpaired) electrons. The van der Waals surface area contributed by atoms with E-state index in [0.29, 0.717) is 0 Å². The van der Waals surface area contributed by atoms with Gasteiger partial charge in [-0.15, -0.1) is 0 Å². The molecule has 178 valence electrons. The molecule has 3 heteroatoms. The van der Waals surface area contributed by atoms with Gasteiger partial charge in [-0.25, -0.2) is 4.98 Å². The summed E-state index contributed by atoms with van der Waals surface area (Å²) < 4.78 is 2.30. The number of fused-ring (bicyclic) bond motifs is 5. The number of nitrogens with one attached hydrogen (secondary N) is 1. The number of pyridine rings is 1. The van der Waals surface area contributed by atoms with Crippen LogP contribution in [-0.2, 0) is 5.41 Å². The van der Waals surface area contributed by atoms with Crippen LogP contribution in [0.2, 0.25) is 0 Å². The topological polar surface area (TPSA) is 29.9 Å². The molecule has 3 heterocycles. The van der Waals surface area contributed by atoms with Crippen molar-refractivity contribution < 1.29 is 0 Å². The number of nitrogens with zero attached hydrogens (tertiary/aromatic N) is 2. The predicted molar refractivity (Wildman–Crippen MR) is 156 cm³/mol. The van der Waals surface area contributed by atoms with E-state index < -0.39 is 0 Å². The Hall–Kier alpha value is -4.63. The van der Waals surface area contributed by atoms with Gasteiger partial charge in [0.1, 0.15) is 5.82 Å². The quantitative estimate of drug-likeness (QED) is 0.276. The summed E-state index contributed by atoms with van der Waals surface area (Å²) in [6.07, 6.45) is 1.99. The predicted octanol–water partition coefficient (Wildman–Crippen LogP) is 8.87. The van der Waals surface area contributed by atoms with Gasteiger partial charge in [-0.05, 0) is 41.5 Å². The number of hydrogen-bond acceptors (Lipinski definition) is 2. The second-order valence-corrected chi connectivity index (χ2v) is 10.2. The Kier molecular flexibility index (Phi) is 4.64. The second kappa shape index (κ2) is 7.94. The molecule has 7 rings (SSSR count). The van der Waals surface area contributed by atoms with Crippen LogP contribution < -0.4 is 5.32 Å². The Labute approximate surface area is 216 Å². The van der Waals surface area contributed by atoms with Crippen molar-refractivity contribution in [3.63, 3.8) is 0 Å². The Morgan fingerprint density at radius 2 is 1.54 bits per heavy atom. The van der Waals surface area contributed by atoms with Gasteiger partial charge < -0.3 is 5.32 Å². The summed E-state index contributed by atoms with van der Waals surface area (Å²) in [7, 11) is 0. The van der Waals surface area contributed by atoms with E-state index in [4.69, 9.17) is 4.98 Å². The maximum atomic E-state index is 5.15. The van der Waals surface area contributed by atoms with Gasteiger partial charge in [-0.1, -0.05) is 99.3 Å². The lowest BCUT2D eigenvalue weighted by Gasteiger charge is -2.37. The molecule has 6 aromatic rings. The first-order valence-electron chi connectivity index (χ1n) is 12.7. The maximum Gasteiger partial charge on any atom is 0.138 e. The zero-order valence-corrected chi connectivity index (χ0v) is 21.0. The molecule has 1 aliphatic heterocycles. The zero-order chi connectivity index (χ0) is 25.1. The summed E-state index contributed by atoms with van der Waals surface area (Å²) in [6.45, 7) is 8.92. The monoisotopic (exact) mass is 477 g/mol. The second-order valence-electron chi connectivity index (χ2n) is 10.2. The van der Waals surface area contributed by atoms with Gasteiger partial charge in [-0.2, -0.15) is 0 Å². The summed E-state index contributed by atoms with van der Waals surface area (Å²) >= 11 is 0. The van der Waals surface area contributed by atoms with E-state index in [1.54, 1.807) is 0 Å². The molecule has 0 unspecified atom stereocenters. The fourth-order valence-corrected chi connectivity index (χ4v) is 5.96. The molecule has 0 aliphatic carbocycles. The summed E-state index contributed by atoms with van der Waals surface area (Å²) in [5, 5.41) is 6.19. The lowest BCUT2D eigenvalue weighted by molar-refractivity contribution is 0.639. The van der Waals surface area contributed by atoms with E-state index in [1.165, 1.54) is 21.9 Å². The number of aromatic nitrogens is 2. The third-order valence-electron chi connectivity index (χ3n) is 7.77. The average Bonchev–Trinajstić information content (AvgIpc) is 3.27. The molecule has 4 aromatic carbocycles. The van der Waals surface area contributed by atoms with Crippen molar-refractivity contribution in [1.82, 2.24) is 9.55 Å². The standard InChI is InChI=1S/C34H27N3/c1-4-23-32-27(34(2,3)26-16-9-10-17-29(26)36-32)21-25-24-15-8-11-19-30(24)37(33(23)25)31-20-12-18-28(35-31)22-13-6-5-7-14-22/h4-21,36H,1H2,2-3H3. The lowest BCUT2D eigenvalue weighted by Crippen LogP contribution is -2.26. The van der Waals surface area contributed by atoms with Crippen molar-refractivity contribution in [3.8, 4) is 17.1 Å². The smallest absolute Gasteiger partial charge is 0.138 e. The van der Waals surface area contributed by atoms with Gasteiger partial charge in [0.15, 0.2) is 0 Å². The minimum atomic E-state index is -0.155. The molecule has 2 aromatic heterocycles. The van der Waals surface area contributed by atoms with Gasteiger partial charge in [0.25, 0.3) is 0 Å². The van der Waals surface area contributed by atoms with Gasteiger partial charge in [0.2, 0.25) is 0 Å². The highest BCUT2D eigenvalue weighted by molar-refractivity contribution is 6.14. The van der Waals surface area contributed by atoms with Gasteiger partial charge in [0.05, 0.1) is 22.4 Å². The average molecular weight is 478 g/mol. The number of hydrogen-bond donors (Lipinski definition) is 1. The molecule has 37 heavy (non-hydrogen) atoms. The van der Waals surface area contributed by atoms with Crippen LogP contribution in [-0.4, -0.2) is 9.55 Å². The minimum Gasteiger partial charge on any atom is -0.354 e. The summed E-state index contributed by atoms with van der Waals surface area (Å²) in [6, 6.07) is 36.2. The molecule has 0 saturated carbocycles. The van der Waals surface area contributed by atoms with Crippen molar-refractivity contribution in [2.24, 2.45) is 0 Å². The Morgan fingerprint density at radius 3 is 2.38 bits per heavy atom. The highest BCUT2D eigenvalue weighted by Gasteiger charge is 2.35. The van der Waals surface area contributed by atoms with E-state index >= 15 is 0 Å². The molecule has 1 aliphatic rings. The molecular weight excluding hydrogens is 450 g/mol. The number of para-hydroxylation sites is 2. The molecule has 0 spiro atoms. The minimum absolute atomic E-state index is 0.155. The highest BCUT2D eigenvalue weighted by atomic mass is 15.1. The van der Waals surface area contributed by atoms with E-state index in [2.05, 4.69) is 127 Å². The zero-order valence-electron chi connectivity index (χ0n) is 21.0. The molecular formula is C34H27N3. The van der Waals surface area contributed by atoms with Crippen molar-refractivity contribution in [2.75, 3.05) is 5.32 Å². The molecule has 0 atom stereocenters. The summed E-state index contributed by atoms with van der Waals surface area (Å²) in [5.41, 5.74) is 10.1. The first-order valence-corrected chi connectivity index (χ1v) is 12.7. The van der Waals surface area contributed by atoms with E-state index in [1.807, 2.05) is 12.1 Å². The van der Waals surface area contributed by atoms with Crippen LogP contribution in [0.5, 0.6) is 0 Å². The van der Waals surface area contributed by atoms with E-state index in [9.17, 15) is 0 Å². The van der Waals surface area contributed by atoms with Crippen LogP contribution in [0.25, 0.3) is 45.0 Å². The van der Waals surface area contributed by atoms with Crippen LogP contribution in [0, 0.1) is 0 Å². The van der Waals surface area contributed by atoms with Crippen LogP contribution in [0.4, 0.5) is 11.4 Å². The normalized spacial score (nSPS) is 13.7. The Morgan fingerprint density at radius 1 is 0.784 bits per heavy atom. The fraction of sp³-hybridized carbons (Fsp3) is 0.0882. The third kappa shape index (κ3) is 3.10. The molecule has 1 N–H and O–H groups in total. The Bertz CT molecular complexity index is 1840. The molecule has 0 amide bonds. The van der Waals surface area contributed by atoms with Gasteiger partial charge in [-0.3, -0.25) is 4.57 Å². The van der Waals surface area contributed by atoms with E-state index in [-0.39, 0.29) is 5.41 Å². The van der Waals surface area contributed by atoms with Gasteiger partial charge >= 0.3 is 0 Å². The number of benzene rings is 4. The number of rotatable bonds is 3. The highest BCUT2D eigenvalue weighted by Crippen LogP contribution is 2.50. The van der Waals surface area contributed by atoms with Crippen molar-refractivity contribution in [1.29, 1.82) is 0 Å². The fourth-order valence-electron chi connectivity index (χ4n) is 5.96. The SMILES string of the molecule is C=Cc1c2c(cc3c4ccccc4n(-c4cccc(-c5ccccc5)n4)c13)C(C)(C)c1ccccc1N2. The van der Waals surface area contributed by atoms with Crippen LogP contribution in [0.1, 0.15) is 30.5 Å². The Balaban J connectivity index is 1.58. The largest absolute Gasteiger partial charge is 0.354 e. The van der Waals surface area contributed by atoms with Gasteiger partial charge in [0, 0.05) is 33.0 Å². The number of anilines is 2. The van der Waals surface area contributed by atoms with E-state index in [0.717, 1.165) is 45.0 Å². The molecule has 0 bridgehead atoms. The van der Waals surface area contributed by atoms with Crippen molar-refractivity contribution >= 4 is 39.3 Å². The first-order chi connectivity index (χ1) is 18.1. The van der Waals surface area contributed by atoms with Crippen LogP contribution >= 0.6 is 0 Å². The van der Waals surface area contributed by atoms with Crippen LogP contribution in [0.3, 0.4) is 0 Å². The lowest BCUT2D eigenvalue weighted by atomic mass is 9.73. The molecule has 3 nitrogen and oxygen atoms in total. The summed E-state index contributed by atoms with van der Waals surface area (Å²) in [4.78, 5) is 5.15.